The van der Waals surface area contributed by atoms with Crippen molar-refractivity contribution in [3.63, 3.8) is 0 Å². The molecular weight excluding hydrogens is 478 g/mol. The fourth-order valence-corrected chi connectivity index (χ4v) is 6.17. The zero-order valence-corrected chi connectivity index (χ0v) is 22.7. The molecule has 1 fully saturated rings. The third kappa shape index (κ3) is 6.76. The number of methoxy groups -OCH3 is 1. The molecule has 0 atom stereocenters. The second-order valence-corrected chi connectivity index (χ2v) is 11.2. The Morgan fingerprint density at radius 2 is 1.72 bits per heavy atom. The fourth-order valence-electron chi connectivity index (χ4n) is 4.45. The first-order valence-electron chi connectivity index (χ1n) is 12.9. The maximum atomic E-state index is 13.6. The quantitative estimate of drug-likeness (QED) is 0.394. The lowest BCUT2D eigenvalue weighted by Crippen LogP contribution is -2.45. The summed E-state index contributed by atoms with van der Waals surface area (Å²) in [5.41, 5.74) is 1.20. The molecule has 0 radical (unpaired) electrons. The van der Waals surface area contributed by atoms with Crippen LogP contribution in [0.1, 0.15) is 69.4 Å². The summed E-state index contributed by atoms with van der Waals surface area (Å²) in [6.45, 7) is 8.05. The van der Waals surface area contributed by atoms with Crippen molar-refractivity contribution >= 4 is 28.1 Å². The largest absolute Gasteiger partial charge is 0.497 e. The van der Waals surface area contributed by atoms with E-state index >= 15 is 0 Å². The van der Waals surface area contributed by atoms with Gasteiger partial charge < -0.3 is 14.2 Å². The summed E-state index contributed by atoms with van der Waals surface area (Å²) < 4.78 is 39.1. The van der Waals surface area contributed by atoms with E-state index in [0.29, 0.717) is 31.6 Å². The SMILES string of the molecule is CCCCN(CCCC)C(=O)C1CCN(S(=O)(=O)c2c(C)noc2/C=C\c2ccc(OC)cc2)CC1. The van der Waals surface area contributed by atoms with Crippen molar-refractivity contribution in [1.82, 2.24) is 14.4 Å². The molecule has 0 N–H and O–H groups in total. The highest BCUT2D eigenvalue weighted by molar-refractivity contribution is 7.89. The first-order chi connectivity index (χ1) is 17.3. The van der Waals surface area contributed by atoms with E-state index in [-0.39, 0.29) is 22.5 Å². The van der Waals surface area contributed by atoms with Crippen molar-refractivity contribution in [2.24, 2.45) is 5.92 Å². The number of ether oxygens (including phenoxy) is 1. The van der Waals surface area contributed by atoms with Gasteiger partial charge in [0.1, 0.15) is 11.4 Å². The number of sulfonamides is 1. The standard InChI is InChI=1S/C27H39N3O5S/c1-5-7-17-29(18-8-6-2)27(31)23-15-19-30(20-16-23)36(32,33)26-21(3)28-35-25(26)14-11-22-9-12-24(34-4)13-10-22/h9-14,23H,5-8,15-20H2,1-4H3/b14-11-. The van der Waals surface area contributed by atoms with Gasteiger partial charge in [0.25, 0.3) is 0 Å². The van der Waals surface area contributed by atoms with Gasteiger partial charge in [-0.3, -0.25) is 4.79 Å². The molecule has 36 heavy (non-hydrogen) atoms. The van der Waals surface area contributed by atoms with Crippen LogP contribution < -0.4 is 4.74 Å². The summed E-state index contributed by atoms with van der Waals surface area (Å²) in [6, 6.07) is 7.41. The number of aromatic nitrogens is 1. The van der Waals surface area contributed by atoms with Gasteiger partial charge in [-0.25, -0.2) is 8.42 Å². The van der Waals surface area contributed by atoms with Crippen molar-refractivity contribution in [2.45, 2.75) is 64.2 Å². The van der Waals surface area contributed by atoms with E-state index < -0.39 is 10.0 Å². The molecule has 198 valence electrons. The fraction of sp³-hybridized carbons (Fsp3) is 0.556. The lowest BCUT2D eigenvalue weighted by Gasteiger charge is -2.33. The number of hydrogen-bond acceptors (Lipinski definition) is 6. The molecule has 1 saturated heterocycles. The molecule has 1 aliphatic rings. The summed E-state index contributed by atoms with van der Waals surface area (Å²) in [4.78, 5) is 15.2. The third-order valence-corrected chi connectivity index (χ3v) is 8.71. The van der Waals surface area contributed by atoms with Crippen LogP contribution in [0.4, 0.5) is 0 Å². The Bertz CT molecular complexity index is 1110. The van der Waals surface area contributed by atoms with Gasteiger partial charge in [0.15, 0.2) is 10.7 Å². The number of benzene rings is 1. The molecule has 1 aromatic carbocycles. The number of unbranched alkanes of at least 4 members (excludes halogenated alkanes) is 2. The summed E-state index contributed by atoms with van der Waals surface area (Å²) in [7, 11) is -2.21. The lowest BCUT2D eigenvalue weighted by molar-refractivity contribution is -0.136. The number of nitrogens with zero attached hydrogens (tertiary/aromatic N) is 3. The van der Waals surface area contributed by atoms with Gasteiger partial charge in [0, 0.05) is 32.1 Å². The molecule has 0 unspecified atom stereocenters. The number of carbonyl (C=O) groups excluding carboxylic acids is 1. The highest BCUT2D eigenvalue weighted by Gasteiger charge is 2.36. The molecule has 0 spiro atoms. The van der Waals surface area contributed by atoms with E-state index in [1.165, 1.54) is 4.31 Å². The van der Waals surface area contributed by atoms with E-state index in [0.717, 1.165) is 50.1 Å². The Morgan fingerprint density at radius 3 is 2.28 bits per heavy atom. The smallest absolute Gasteiger partial charge is 0.248 e. The summed E-state index contributed by atoms with van der Waals surface area (Å²) in [5, 5.41) is 3.93. The molecule has 2 heterocycles. The third-order valence-electron chi connectivity index (χ3n) is 6.65. The summed E-state index contributed by atoms with van der Waals surface area (Å²) >= 11 is 0. The molecule has 0 saturated carbocycles. The second-order valence-electron chi connectivity index (χ2n) is 9.28. The summed E-state index contributed by atoms with van der Waals surface area (Å²) in [5.74, 6) is 0.972. The van der Waals surface area contributed by atoms with E-state index in [1.54, 1.807) is 26.2 Å². The van der Waals surface area contributed by atoms with Crippen LogP contribution in [0.25, 0.3) is 12.2 Å². The van der Waals surface area contributed by atoms with Crippen LogP contribution >= 0.6 is 0 Å². The number of amides is 1. The normalized spacial score (nSPS) is 15.4. The molecule has 3 rings (SSSR count). The van der Waals surface area contributed by atoms with Crippen molar-refractivity contribution in [1.29, 1.82) is 0 Å². The van der Waals surface area contributed by atoms with Gasteiger partial charge in [0.2, 0.25) is 15.9 Å². The molecule has 1 aromatic heterocycles. The molecule has 0 bridgehead atoms. The van der Waals surface area contributed by atoms with Crippen LogP contribution in [-0.4, -0.2) is 62.0 Å². The predicted molar refractivity (Wildman–Crippen MR) is 141 cm³/mol. The number of aryl methyl sites for hydroxylation is 1. The van der Waals surface area contributed by atoms with Crippen LogP contribution in [0.2, 0.25) is 0 Å². The Balaban J connectivity index is 1.70. The van der Waals surface area contributed by atoms with Gasteiger partial charge in [0.05, 0.1) is 7.11 Å². The van der Waals surface area contributed by atoms with Gasteiger partial charge in [-0.1, -0.05) is 50.1 Å². The molecular formula is C27H39N3O5S. The monoisotopic (exact) mass is 517 g/mol. The van der Waals surface area contributed by atoms with Crippen molar-refractivity contribution in [3.8, 4) is 5.75 Å². The minimum absolute atomic E-state index is 0.0876. The number of rotatable bonds is 12. The van der Waals surface area contributed by atoms with E-state index in [2.05, 4.69) is 19.0 Å². The Kier molecular flexibility index (Phi) is 10.1. The van der Waals surface area contributed by atoms with Crippen LogP contribution in [0, 0.1) is 12.8 Å². The number of hydrogen-bond donors (Lipinski definition) is 0. The Morgan fingerprint density at radius 1 is 1.11 bits per heavy atom. The van der Waals surface area contributed by atoms with E-state index in [1.807, 2.05) is 29.2 Å². The molecule has 8 nitrogen and oxygen atoms in total. The van der Waals surface area contributed by atoms with Gasteiger partial charge in [-0.15, -0.1) is 0 Å². The molecule has 2 aromatic rings. The number of piperidine rings is 1. The van der Waals surface area contributed by atoms with Gasteiger partial charge in [-0.2, -0.15) is 4.31 Å². The molecule has 0 aliphatic carbocycles. The summed E-state index contributed by atoms with van der Waals surface area (Å²) in [6.07, 6.45) is 8.52. The van der Waals surface area contributed by atoms with Crippen LogP contribution in [0.3, 0.4) is 0 Å². The lowest BCUT2D eigenvalue weighted by atomic mass is 9.96. The zero-order valence-electron chi connectivity index (χ0n) is 21.9. The highest BCUT2D eigenvalue weighted by atomic mass is 32.2. The maximum Gasteiger partial charge on any atom is 0.248 e. The van der Waals surface area contributed by atoms with Gasteiger partial charge >= 0.3 is 0 Å². The van der Waals surface area contributed by atoms with Crippen molar-refractivity contribution < 1.29 is 22.5 Å². The minimum Gasteiger partial charge on any atom is -0.497 e. The zero-order chi connectivity index (χ0) is 26.1. The number of carbonyl (C=O) groups is 1. The first-order valence-corrected chi connectivity index (χ1v) is 14.3. The Labute approximate surface area is 215 Å². The average Bonchev–Trinajstić information content (AvgIpc) is 3.28. The second kappa shape index (κ2) is 13.1. The van der Waals surface area contributed by atoms with E-state index in [4.69, 9.17) is 9.26 Å². The van der Waals surface area contributed by atoms with Crippen LogP contribution in [-0.2, 0) is 14.8 Å². The predicted octanol–water partition coefficient (Wildman–Crippen LogP) is 4.99. The Hall–Kier alpha value is -2.65. The highest BCUT2D eigenvalue weighted by Crippen LogP contribution is 2.30. The van der Waals surface area contributed by atoms with E-state index in [9.17, 15) is 13.2 Å². The van der Waals surface area contributed by atoms with Crippen molar-refractivity contribution in [2.75, 3.05) is 33.3 Å². The maximum absolute atomic E-state index is 13.6. The molecule has 1 aliphatic heterocycles. The molecule has 1 amide bonds. The van der Waals surface area contributed by atoms with Gasteiger partial charge in [-0.05, 0) is 56.4 Å². The van der Waals surface area contributed by atoms with Crippen molar-refractivity contribution in [3.05, 3.63) is 41.3 Å². The van der Waals surface area contributed by atoms with Crippen LogP contribution in [0.5, 0.6) is 5.75 Å². The first kappa shape index (κ1) is 27.9. The topological polar surface area (TPSA) is 93.0 Å². The minimum atomic E-state index is -3.81. The van der Waals surface area contributed by atoms with Crippen LogP contribution in [0.15, 0.2) is 33.7 Å². The molecule has 9 heteroatoms. The average molecular weight is 518 g/mol.